The smallest absolute Gasteiger partial charge is 0.357 e. The van der Waals surface area contributed by atoms with E-state index in [1.807, 2.05) is 4.90 Å². The number of hydrogen-bond acceptors (Lipinski definition) is 5. The Labute approximate surface area is 162 Å². The van der Waals surface area contributed by atoms with Crippen molar-refractivity contribution in [1.82, 2.24) is 14.2 Å². The third-order valence-corrected chi connectivity index (χ3v) is 6.57. The Kier molecular flexibility index (Phi) is 5.85. The fourth-order valence-electron chi connectivity index (χ4n) is 3.59. The average molecular weight is 420 g/mol. The van der Waals surface area contributed by atoms with Gasteiger partial charge in [-0.05, 0) is 25.0 Å². The summed E-state index contributed by atoms with van der Waals surface area (Å²) in [6.45, 7) is 2.45. The molecular formula is C17H23F3N4O3S. The summed E-state index contributed by atoms with van der Waals surface area (Å²) in [6, 6.07) is 2.37. The van der Waals surface area contributed by atoms with E-state index in [9.17, 15) is 26.4 Å². The normalized spacial score (nSPS) is 20.4. The Morgan fingerprint density at radius 1 is 1.07 bits per heavy atom. The van der Waals surface area contributed by atoms with Gasteiger partial charge in [0, 0.05) is 51.4 Å². The Hall–Kier alpha value is -1.88. The van der Waals surface area contributed by atoms with Gasteiger partial charge >= 0.3 is 6.18 Å². The first-order valence-electron chi connectivity index (χ1n) is 9.08. The summed E-state index contributed by atoms with van der Waals surface area (Å²) in [5.41, 5.74) is -0.783. The quantitative estimate of drug-likeness (QED) is 0.740. The summed E-state index contributed by atoms with van der Waals surface area (Å²) in [6.07, 6.45) is -1.24. The van der Waals surface area contributed by atoms with Crippen LogP contribution in [0, 0.1) is 5.92 Å². The third-order valence-electron chi connectivity index (χ3n) is 5.26. The van der Waals surface area contributed by atoms with Crippen LogP contribution in [0.25, 0.3) is 0 Å². The van der Waals surface area contributed by atoms with Crippen molar-refractivity contribution in [3.05, 3.63) is 23.9 Å². The maximum atomic E-state index is 12.7. The van der Waals surface area contributed by atoms with Crippen molar-refractivity contribution >= 4 is 21.7 Å². The molecule has 2 aliphatic rings. The third kappa shape index (κ3) is 4.75. The molecule has 0 saturated carbocycles. The lowest BCUT2D eigenvalue weighted by atomic mass is 9.95. The summed E-state index contributed by atoms with van der Waals surface area (Å²) in [5, 5.41) is 0. The van der Waals surface area contributed by atoms with Crippen molar-refractivity contribution in [3.63, 3.8) is 0 Å². The van der Waals surface area contributed by atoms with Crippen LogP contribution in [0.2, 0.25) is 0 Å². The van der Waals surface area contributed by atoms with Crippen LogP contribution < -0.4 is 4.90 Å². The van der Waals surface area contributed by atoms with Crippen LogP contribution in [0.5, 0.6) is 0 Å². The Morgan fingerprint density at radius 2 is 1.68 bits per heavy atom. The minimum Gasteiger partial charge on any atom is -0.357 e. The topological polar surface area (TPSA) is 73.8 Å². The molecule has 2 fully saturated rings. The number of amides is 1. The summed E-state index contributed by atoms with van der Waals surface area (Å²) in [7, 11) is -3.24. The van der Waals surface area contributed by atoms with E-state index in [0.29, 0.717) is 57.9 Å². The molecule has 1 amide bonds. The van der Waals surface area contributed by atoms with E-state index in [1.165, 1.54) is 10.4 Å². The highest BCUT2D eigenvalue weighted by Crippen LogP contribution is 2.30. The molecule has 0 unspecified atom stereocenters. The van der Waals surface area contributed by atoms with E-state index >= 15 is 0 Å². The highest BCUT2D eigenvalue weighted by atomic mass is 32.2. The molecule has 28 heavy (non-hydrogen) atoms. The maximum Gasteiger partial charge on any atom is 0.417 e. The molecule has 2 saturated heterocycles. The summed E-state index contributed by atoms with van der Waals surface area (Å²) in [4.78, 5) is 20.2. The second-order valence-corrected chi connectivity index (χ2v) is 9.13. The van der Waals surface area contributed by atoms with Crippen LogP contribution in [-0.4, -0.2) is 74.0 Å². The van der Waals surface area contributed by atoms with E-state index in [-0.39, 0.29) is 11.8 Å². The number of piperazine rings is 1. The van der Waals surface area contributed by atoms with Crippen LogP contribution >= 0.6 is 0 Å². The maximum absolute atomic E-state index is 12.7. The minimum absolute atomic E-state index is 0.0215. The monoisotopic (exact) mass is 420 g/mol. The Balaban J connectivity index is 1.52. The first-order valence-corrected chi connectivity index (χ1v) is 10.9. The lowest BCUT2D eigenvalue weighted by Gasteiger charge is -2.38. The molecule has 0 atom stereocenters. The zero-order valence-electron chi connectivity index (χ0n) is 15.5. The molecule has 0 radical (unpaired) electrons. The zero-order chi connectivity index (χ0) is 20.5. The molecule has 3 heterocycles. The predicted octanol–water partition coefficient (Wildman–Crippen LogP) is 1.42. The predicted molar refractivity (Wildman–Crippen MR) is 97.2 cm³/mol. The van der Waals surface area contributed by atoms with Gasteiger partial charge < -0.3 is 9.80 Å². The number of rotatable bonds is 3. The molecule has 0 spiro atoms. The molecule has 0 aliphatic carbocycles. The van der Waals surface area contributed by atoms with Gasteiger partial charge in [0.25, 0.3) is 0 Å². The van der Waals surface area contributed by atoms with Crippen molar-refractivity contribution in [1.29, 1.82) is 0 Å². The van der Waals surface area contributed by atoms with Crippen molar-refractivity contribution in [2.45, 2.75) is 19.0 Å². The molecule has 0 aromatic carbocycles. The molecule has 11 heteroatoms. The number of carbonyl (C=O) groups excluding carboxylic acids is 1. The van der Waals surface area contributed by atoms with Crippen molar-refractivity contribution in [2.24, 2.45) is 5.92 Å². The lowest BCUT2D eigenvalue weighted by molar-refractivity contribution is -0.138. The molecule has 7 nitrogen and oxygen atoms in total. The van der Waals surface area contributed by atoms with E-state index in [1.54, 1.807) is 4.90 Å². The van der Waals surface area contributed by atoms with Crippen molar-refractivity contribution < 1.29 is 26.4 Å². The van der Waals surface area contributed by atoms with E-state index in [2.05, 4.69) is 4.98 Å². The van der Waals surface area contributed by atoms with Gasteiger partial charge in [-0.15, -0.1) is 0 Å². The number of aromatic nitrogens is 1. The number of alkyl halides is 3. The number of sulfonamides is 1. The highest BCUT2D eigenvalue weighted by Gasteiger charge is 2.33. The van der Waals surface area contributed by atoms with Gasteiger partial charge in [0.1, 0.15) is 5.82 Å². The van der Waals surface area contributed by atoms with Crippen LogP contribution in [0.3, 0.4) is 0 Å². The van der Waals surface area contributed by atoms with Gasteiger partial charge in [-0.2, -0.15) is 17.5 Å². The molecule has 1 aromatic rings. The van der Waals surface area contributed by atoms with E-state index in [4.69, 9.17) is 0 Å². The van der Waals surface area contributed by atoms with Gasteiger partial charge in [-0.25, -0.2) is 13.4 Å². The second kappa shape index (κ2) is 7.86. The fraction of sp³-hybridized carbons (Fsp3) is 0.647. The van der Waals surface area contributed by atoms with Gasteiger partial charge in [0.15, 0.2) is 0 Å². The summed E-state index contributed by atoms with van der Waals surface area (Å²) in [5.74, 6) is 0.337. The number of nitrogens with zero attached hydrogens (tertiary/aromatic N) is 4. The molecule has 0 N–H and O–H groups in total. The van der Waals surface area contributed by atoms with Gasteiger partial charge in [0.05, 0.1) is 11.8 Å². The van der Waals surface area contributed by atoms with Gasteiger partial charge in [0.2, 0.25) is 15.9 Å². The van der Waals surface area contributed by atoms with Gasteiger partial charge in [-0.3, -0.25) is 4.79 Å². The van der Waals surface area contributed by atoms with Gasteiger partial charge in [-0.1, -0.05) is 0 Å². The second-order valence-electron chi connectivity index (χ2n) is 7.15. The SMILES string of the molecule is CS(=O)(=O)N1CCN(C(=O)C2CCN(c3ccc(C(F)(F)F)cn3)CC2)CC1. The number of carbonyl (C=O) groups is 1. The first-order chi connectivity index (χ1) is 13.1. The number of hydrogen-bond donors (Lipinski definition) is 0. The highest BCUT2D eigenvalue weighted by molar-refractivity contribution is 7.88. The number of halogens is 3. The van der Waals surface area contributed by atoms with E-state index in [0.717, 1.165) is 18.5 Å². The molecule has 156 valence electrons. The molecule has 0 bridgehead atoms. The van der Waals surface area contributed by atoms with Crippen LogP contribution in [0.1, 0.15) is 18.4 Å². The van der Waals surface area contributed by atoms with Crippen LogP contribution in [-0.2, 0) is 21.0 Å². The fourth-order valence-corrected chi connectivity index (χ4v) is 4.42. The van der Waals surface area contributed by atoms with Crippen LogP contribution in [0.4, 0.5) is 19.0 Å². The van der Waals surface area contributed by atoms with Crippen LogP contribution in [0.15, 0.2) is 18.3 Å². The average Bonchev–Trinajstić information content (AvgIpc) is 2.66. The Morgan fingerprint density at radius 3 is 2.14 bits per heavy atom. The number of anilines is 1. The van der Waals surface area contributed by atoms with Crippen molar-refractivity contribution in [3.8, 4) is 0 Å². The molecule has 1 aromatic heterocycles. The molecular weight excluding hydrogens is 397 g/mol. The first kappa shape index (κ1) is 20.8. The number of piperidine rings is 1. The molecule has 2 aliphatic heterocycles. The summed E-state index contributed by atoms with van der Waals surface area (Å²) >= 11 is 0. The summed E-state index contributed by atoms with van der Waals surface area (Å²) < 4.78 is 62.4. The number of pyridine rings is 1. The zero-order valence-corrected chi connectivity index (χ0v) is 16.3. The lowest BCUT2D eigenvalue weighted by Crippen LogP contribution is -2.52. The largest absolute Gasteiger partial charge is 0.417 e. The van der Waals surface area contributed by atoms with E-state index < -0.39 is 21.8 Å². The van der Waals surface area contributed by atoms with Crippen molar-refractivity contribution in [2.75, 3.05) is 50.4 Å². The standard InChI is InChI=1S/C17H23F3N4O3S/c1-28(26,27)24-10-8-23(9-11-24)16(25)13-4-6-22(7-5-13)15-3-2-14(12-21-15)17(18,19)20/h2-3,12-13H,4-11H2,1H3. The molecule has 3 rings (SSSR count). The Bertz CT molecular complexity index is 798. The minimum atomic E-state index is -4.41.